The van der Waals surface area contributed by atoms with Gasteiger partial charge in [-0.15, -0.1) is 0 Å². The number of halogens is 1. The number of aryl methyl sites for hydroxylation is 1. The van der Waals surface area contributed by atoms with Crippen LogP contribution in [0.2, 0.25) is 5.02 Å². The van der Waals surface area contributed by atoms with Crippen LogP contribution < -0.4 is 14.8 Å². The largest absolute Gasteiger partial charge is 0.487 e. The number of anilines is 1. The van der Waals surface area contributed by atoms with E-state index >= 15 is 0 Å². The number of hydrogen-bond donors (Lipinski definition) is 3. The molecule has 0 aromatic heterocycles. The molecule has 0 unspecified atom stereocenters. The van der Waals surface area contributed by atoms with E-state index in [0.29, 0.717) is 30.5 Å². The van der Waals surface area contributed by atoms with E-state index in [4.69, 9.17) is 21.5 Å². The topological polar surface area (TPSA) is 130 Å². The third-order valence-electron chi connectivity index (χ3n) is 8.65. The number of nitrogens with zero attached hydrogens (tertiary/aromatic N) is 1. The summed E-state index contributed by atoms with van der Waals surface area (Å²) >= 11 is 6.26. The molecular formula is C30H39ClN2O6S. The lowest BCUT2D eigenvalue weighted by Crippen LogP contribution is -2.51. The summed E-state index contributed by atoms with van der Waals surface area (Å²) in [6.45, 7) is 5.29. The van der Waals surface area contributed by atoms with Crippen LogP contribution in [0.5, 0.6) is 5.75 Å². The Kier molecular flexibility index (Phi) is 9.50. The summed E-state index contributed by atoms with van der Waals surface area (Å²) in [5, 5.41) is 26.0. The number of carboxylic acid groups (broad SMARTS) is 1. The van der Waals surface area contributed by atoms with Crippen LogP contribution in [0.3, 0.4) is 0 Å². The van der Waals surface area contributed by atoms with Crippen molar-refractivity contribution in [1.82, 2.24) is 0 Å². The van der Waals surface area contributed by atoms with E-state index in [-0.39, 0.29) is 17.9 Å². The fourth-order valence-electron chi connectivity index (χ4n) is 5.58. The fourth-order valence-corrected chi connectivity index (χ4v) is 6.16. The monoisotopic (exact) mass is 590 g/mol. The lowest BCUT2D eigenvalue weighted by Gasteiger charge is -2.51. The van der Waals surface area contributed by atoms with Crippen molar-refractivity contribution in [3.8, 4) is 5.75 Å². The predicted molar refractivity (Wildman–Crippen MR) is 158 cm³/mol. The first kappa shape index (κ1) is 30.4. The van der Waals surface area contributed by atoms with Crippen LogP contribution in [-0.2, 0) is 23.1 Å². The van der Waals surface area contributed by atoms with Gasteiger partial charge in [-0.25, -0.2) is 18.4 Å². The van der Waals surface area contributed by atoms with Gasteiger partial charge >= 0.3 is 5.97 Å². The van der Waals surface area contributed by atoms with Crippen LogP contribution in [0.25, 0.3) is 0 Å². The third-order valence-corrected chi connectivity index (χ3v) is 10.2. The Labute approximate surface area is 241 Å². The number of hydrogen-bond acceptors (Lipinski definition) is 6. The van der Waals surface area contributed by atoms with E-state index in [1.807, 2.05) is 18.2 Å². The smallest absolute Gasteiger partial charge is 0.335 e. The number of aromatic carboxylic acids is 1. The van der Waals surface area contributed by atoms with Gasteiger partial charge in [0.1, 0.15) is 12.4 Å². The molecule has 4 N–H and O–H groups in total. The average Bonchev–Trinajstić information content (AvgIpc) is 2.92. The van der Waals surface area contributed by atoms with Gasteiger partial charge in [0, 0.05) is 23.5 Å². The van der Waals surface area contributed by atoms with Gasteiger partial charge in [-0.05, 0) is 92.8 Å². The Hall–Kier alpha value is -2.59. The minimum atomic E-state index is -3.63. The molecule has 2 aromatic carbocycles. The molecule has 1 heterocycles. The van der Waals surface area contributed by atoms with Crippen LogP contribution in [0, 0.1) is 11.3 Å². The summed E-state index contributed by atoms with van der Waals surface area (Å²) in [5.41, 5.74) is 2.75. The van der Waals surface area contributed by atoms with Crippen LogP contribution in [-0.4, -0.2) is 49.0 Å². The number of aliphatic hydroxyl groups excluding tert-OH is 1. The number of sulfonamides is 1. The second kappa shape index (κ2) is 12.5. The molecule has 40 heavy (non-hydrogen) atoms. The van der Waals surface area contributed by atoms with Gasteiger partial charge < -0.3 is 19.8 Å². The van der Waals surface area contributed by atoms with Gasteiger partial charge in [0.25, 0.3) is 0 Å². The zero-order chi connectivity index (χ0) is 29.1. The molecule has 0 radical (unpaired) electrons. The van der Waals surface area contributed by atoms with Gasteiger partial charge in [-0.2, -0.15) is 0 Å². The highest BCUT2D eigenvalue weighted by atomic mass is 35.5. The summed E-state index contributed by atoms with van der Waals surface area (Å²) < 4.78 is 29.4. The number of allylic oxidation sites excluding steroid dienone is 1. The number of aliphatic hydroxyl groups is 1. The number of benzene rings is 2. The molecule has 0 spiro atoms. The first-order valence-corrected chi connectivity index (χ1v) is 15.8. The Morgan fingerprint density at radius 1 is 1.25 bits per heavy atom. The molecule has 1 aliphatic carbocycles. The molecule has 0 bridgehead atoms. The number of primary sulfonamides is 1. The van der Waals surface area contributed by atoms with Gasteiger partial charge in [-0.3, -0.25) is 0 Å². The molecule has 1 fully saturated rings. The zero-order valence-electron chi connectivity index (χ0n) is 23.1. The molecule has 0 saturated heterocycles. The second-order valence-electron chi connectivity index (χ2n) is 11.3. The maximum absolute atomic E-state index is 11.9. The van der Waals surface area contributed by atoms with Crippen LogP contribution >= 0.6 is 11.6 Å². The number of carboxylic acids is 1. The fraction of sp³-hybridized carbons (Fsp3) is 0.500. The molecule has 8 nitrogen and oxygen atoms in total. The third kappa shape index (κ3) is 7.00. The maximum atomic E-state index is 11.9. The number of carbonyl (C=O) groups is 1. The van der Waals surface area contributed by atoms with Gasteiger partial charge in [0.2, 0.25) is 10.0 Å². The van der Waals surface area contributed by atoms with Crippen molar-refractivity contribution in [1.29, 1.82) is 0 Å². The van der Waals surface area contributed by atoms with E-state index in [1.165, 1.54) is 0 Å². The molecular weight excluding hydrogens is 552 g/mol. The highest BCUT2D eigenvalue weighted by Crippen LogP contribution is 2.50. The van der Waals surface area contributed by atoms with Gasteiger partial charge in [0.15, 0.2) is 0 Å². The Balaban J connectivity index is 1.57. The van der Waals surface area contributed by atoms with Crippen molar-refractivity contribution in [2.24, 2.45) is 16.5 Å². The first-order valence-electron chi connectivity index (χ1n) is 13.8. The Morgan fingerprint density at radius 3 is 2.70 bits per heavy atom. The number of fused-ring (bicyclic) bond motifs is 2. The molecule has 4 rings (SSSR count). The summed E-state index contributed by atoms with van der Waals surface area (Å²) in [6, 6.07) is 10.8. The van der Waals surface area contributed by atoms with Crippen molar-refractivity contribution in [3.05, 3.63) is 70.3 Å². The normalized spacial score (nSPS) is 23.2. The molecule has 0 amide bonds. The molecule has 2 aromatic rings. The van der Waals surface area contributed by atoms with E-state index in [9.17, 15) is 23.4 Å². The Bertz CT molecular complexity index is 1360. The lowest BCUT2D eigenvalue weighted by atomic mass is 9.58. The van der Waals surface area contributed by atoms with Gasteiger partial charge in [0.05, 0.1) is 22.6 Å². The van der Waals surface area contributed by atoms with Crippen molar-refractivity contribution >= 4 is 33.3 Å². The van der Waals surface area contributed by atoms with E-state index < -0.39 is 32.8 Å². The molecule has 1 aliphatic heterocycles. The summed E-state index contributed by atoms with van der Waals surface area (Å²) in [7, 11) is -3.63. The van der Waals surface area contributed by atoms with Crippen LogP contribution in [0.1, 0.15) is 67.4 Å². The van der Waals surface area contributed by atoms with Crippen molar-refractivity contribution < 1.29 is 28.2 Å². The molecule has 10 heteroatoms. The Morgan fingerprint density at radius 2 is 2.02 bits per heavy atom. The predicted octanol–water partition coefficient (Wildman–Crippen LogP) is 5.16. The van der Waals surface area contributed by atoms with Crippen molar-refractivity contribution in [2.75, 3.05) is 18.0 Å². The number of ether oxygens (including phenoxy) is 1. The minimum Gasteiger partial charge on any atom is -0.487 e. The zero-order valence-corrected chi connectivity index (χ0v) is 24.6. The second-order valence-corrected chi connectivity index (χ2v) is 13.8. The number of rotatable bonds is 8. The molecule has 4 atom stereocenters. The van der Waals surface area contributed by atoms with E-state index in [2.05, 4.69) is 11.8 Å². The molecule has 2 aliphatic rings. The molecule has 1 saturated carbocycles. The highest BCUT2D eigenvalue weighted by Gasteiger charge is 2.47. The highest BCUT2D eigenvalue weighted by molar-refractivity contribution is 7.89. The van der Waals surface area contributed by atoms with Crippen LogP contribution in [0.4, 0.5) is 5.69 Å². The van der Waals surface area contributed by atoms with Gasteiger partial charge in [-0.1, -0.05) is 36.7 Å². The standard InChI is InChI=1S/C30H39ClN2O6S/c1-20(40(32,37)38)6-5-8-28(34)30(2)14-13-24(30)18-33-15-4-3-7-21-16-25(31)11-9-23(21)19-39-27-12-10-22(29(35)36)17-26(27)33/h5,8-12,16-17,20,24,28,34H,3-4,6-7,13-15,18-19H2,1-2H3,(H,35,36)(H2,32,37,38)/b8-5+/t20-,24-,28+,30+/m1/s1. The first-order chi connectivity index (χ1) is 18.9. The summed E-state index contributed by atoms with van der Waals surface area (Å²) in [5.74, 6) is -0.239. The summed E-state index contributed by atoms with van der Waals surface area (Å²) in [6.07, 6.45) is 7.31. The average molecular weight is 591 g/mol. The van der Waals surface area contributed by atoms with Crippen molar-refractivity contribution in [2.45, 2.75) is 70.3 Å². The van der Waals surface area contributed by atoms with Crippen LogP contribution in [0.15, 0.2) is 48.6 Å². The van der Waals surface area contributed by atoms with E-state index in [1.54, 1.807) is 37.3 Å². The lowest BCUT2D eigenvalue weighted by molar-refractivity contribution is -0.0466. The maximum Gasteiger partial charge on any atom is 0.335 e. The van der Waals surface area contributed by atoms with Crippen molar-refractivity contribution in [3.63, 3.8) is 0 Å². The molecule has 218 valence electrons. The van der Waals surface area contributed by atoms with E-state index in [0.717, 1.165) is 48.9 Å². The minimum absolute atomic E-state index is 0.144. The SMILES string of the molecule is C[C@H](C/C=C/[C@H](O)[C@@]1(C)CC[C@@H]1CN1CCCCc2cc(Cl)ccc2COc2ccc(C(=O)O)cc21)S(N)(=O)=O. The number of nitrogens with two attached hydrogens (primary N) is 1. The summed E-state index contributed by atoms with van der Waals surface area (Å²) in [4.78, 5) is 14.1. The quantitative estimate of drug-likeness (QED) is 0.362.